The van der Waals surface area contributed by atoms with Crippen molar-refractivity contribution in [2.45, 2.75) is 46.2 Å². The second-order valence-corrected chi connectivity index (χ2v) is 6.90. The quantitative estimate of drug-likeness (QED) is 0.661. The molecule has 1 heteroatoms. The van der Waals surface area contributed by atoms with Crippen molar-refractivity contribution in [2.24, 2.45) is 0 Å². The second-order valence-electron chi connectivity index (χ2n) is 4.26. The first-order valence-electron chi connectivity index (χ1n) is 5.54. The molecule has 1 aromatic carbocycles. The minimum Gasteiger partial charge on any atom is -0.0669 e. The molecule has 0 spiro atoms. The number of hydrogen-bond donors (Lipinski definition) is 0. The third-order valence-corrected chi connectivity index (χ3v) is 5.00. The summed E-state index contributed by atoms with van der Waals surface area (Å²) in [5.41, 5.74) is 2.83. The van der Waals surface area contributed by atoms with E-state index in [1.54, 1.807) is 5.19 Å². The lowest BCUT2D eigenvalue weighted by atomic mass is 10.2. The topological polar surface area (TPSA) is 0 Å². The zero-order chi connectivity index (χ0) is 10.6. The van der Waals surface area contributed by atoms with Crippen LogP contribution in [-0.2, 0) is 0 Å². The van der Waals surface area contributed by atoms with Gasteiger partial charge in [-0.1, -0.05) is 66.9 Å². The number of rotatable bonds is 4. The molecular formula is C13H21Si. The maximum absolute atomic E-state index is 2.44. The van der Waals surface area contributed by atoms with Crippen molar-refractivity contribution in [1.82, 2.24) is 0 Å². The average molecular weight is 205 g/mol. The summed E-state index contributed by atoms with van der Waals surface area (Å²) in [5, 5.41) is 1.61. The Balaban J connectivity index is 2.73. The Kier molecular flexibility index (Phi) is 4.40. The Morgan fingerprint density at radius 1 is 1.07 bits per heavy atom. The molecule has 0 nitrogen and oxygen atoms in total. The molecule has 77 valence electrons. The molecule has 0 aliphatic heterocycles. The van der Waals surface area contributed by atoms with Gasteiger partial charge in [0.05, 0.1) is 8.80 Å². The third-order valence-electron chi connectivity index (χ3n) is 2.62. The first kappa shape index (κ1) is 11.5. The van der Waals surface area contributed by atoms with E-state index in [4.69, 9.17) is 0 Å². The molecule has 14 heavy (non-hydrogen) atoms. The molecule has 0 amide bonds. The summed E-state index contributed by atoms with van der Waals surface area (Å²) in [7, 11) is -0.274. The van der Waals surface area contributed by atoms with Gasteiger partial charge in [-0.25, -0.2) is 0 Å². The Hall–Kier alpha value is -0.563. The van der Waals surface area contributed by atoms with Gasteiger partial charge in [0.15, 0.2) is 0 Å². The van der Waals surface area contributed by atoms with Crippen LogP contribution in [0.3, 0.4) is 0 Å². The first-order valence-corrected chi connectivity index (χ1v) is 7.75. The summed E-state index contributed by atoms with van der Waals surface area (Å²) < 4.78 is 0. The lowest BCUT2D eigenvalue weighted by molar-refractivity contribution is 0.876. The molecule has 0 unspecified atom stereocenters. The van der Waals surface area contributed by atoms with Gasteiger partial charge in [0.1, 0.15) is 0 Å². The second kappa shape index (κ2) is 5.35. The molecule has 0 fully saturated rings. The van der Waals surface area contributed by atoms with Crippen molar-refractivity contribution in [2.75, 3.05) is 0 Å². The van der Waals surface area contributed by atoms with Crippen molar-refractivity contribution >= 4 is 14.0 Å². The van der Waals surface area contributed by atoms with E-state index < -0.39 is 0 Å². The van der Waals surface area contributed by atoms with Crippen molar-refractivity contribution < 1.29 is 0 Å². The summed E-state index contributed by atoms with van der Waals surface area (Å²) >= 11 is 0. The fourth-order valence-corrected chi connectivity index (χ4v) is 3.93. The van der Waals surface area contributed by atoms with Crippen LogP contribution in [0.5, 0.6) is 0 Å². The Morgan fingerprint density at radius 3 is 2.14 bits per heavy atom. The third kappa shape index (κ3) is 3.30. The van der Waals surface area contributed by atoms with E-state index in [9.17, 15) is 0 Å². The Morgan fingerprint density at radius 2 is 1.64 bits per heavy atom. The van der Waals surface area contributed by atoms with Crippen LogP contribution in [0.25, 0.3) is 0 Å². The monoisotopic (exact) mass is 205 g/mol. The summed E-state index contributed by atoms with van der Waals surface area (Å²) in [6.45, 7) is 9.11. The highest BCUT2D eigenvalue weighted by Gasteiger charge is 2.07. The molecule has 0 aliphatic rings. The molecule has 0 bridgehead atoms. The van der Waals surface area contributed by atoms with Crippen LogP contribution in [0.1, 0.15) is 30.9 Å². The van der Waals surface area contributed by atoms with Crippen molar-refractivity contribution in [1.29, 1.82) is 0 Å². The first-order chi connectivity index (χ1) is 6.63. The summed E-state index contributed by atoms with van der Waals surface area (Å²) in [6.07, 6.45) is 2.71. The molecule has 0 saturated heterocycles. The van der Waals surface area contributed by atoms with E-state index in [2.05, 4.69) is 45.5 Å². The Labute approximate surface area is 90.0 Å². The largest absolute Gasteiger partial charge is 0.0824 e. The molecule has 0 saturated carbocycles. The number of hydrogen-bond acceptors (Lipinski definition) is 0. The highest BCUT2D eigenvalue weighted by Crippen LogP contribution is 2.06. The van der Waals surface area contributed by atoms with Gasteiger partial charge in [0, 0.05) is 0 Å². The fraction of sp³-hybridized carbons (Fsp3) is 0.538. The van der Waals surface area contributed by atoms with E-state index in [0.717, 1.165) is 0 Å². The summed E-state index contributed by atoms with van der Waals surface area (Å²) in [4.78, 5) is 0. The minimum atomic E-state index is -0.274. The molecule has 1 aromatic rings. The maximum atomic E-state index is 2.44. The van der Waals surface area contributed by atoms with Crippen LogP contribution in [0.15, 0.2) is 18.2 Å². The smallest absolute Gasteiger partial charge is 0.0669 e. The highest BCUT2D eigenvalue weighted by molar-refractivity contribution is 6.72. The lowest BCUT2D eigenvalue weighted by Gasteiger charge is -2.11. The van der Waals surface area contributed by atoms with Crippen LogP contribution in [-0.4, -0.2) is 8.80 Å². The molecule has 0 aromatic heterocycles. The van der Waals surface area contributed by atoms with Gasteiger partial charge in [-0.2, -0.15) is 0 Å². The van der Waals surface area contributed by atoms with Gasteiger partial charge in [-0.15, -0.1) is 0 Å². The zero-order valence-corrected chi connectivity index (χ0v) is 10.9. The standard InChI is InChI=1S/C13H21Si/c1-5-6-7-14(4)13-9-11(2)8-12(3)10-13/h8-10H,5-7H2,1-4H3. The fourth-order valence-electron chi connectivity index (χ4n) is 1.81. The maximum Gasteiger partial charge on any atom is 0.0824 e. The zero-order valence-electron chi connectivity index (χ0n) is 9.85. The van der Waals surface area contributed by atoms with E-state index in [0.29, 0.717) is 0 Å². The van der Waals surface area contributed by atoms with Gasteiger partial charge >= 0.3 is 0 Å². The predicted molar refractivity (Wildman–Crippen MR) is 66.9 cm³/mol. The van der Waals surface area contributed by atoms with Crippen molar-refractivity contribution in [3.8, 4) is 0 Å². The van der Waals surface area contributed by atoms with Gasteiger partial charge < -0.3 is 0 Å². The normalized spacial score (nSPS) is 10.9. The van der Waals surface area contributed by atoms with Crippen LogP contribution in [0, 0.1) is 13.8 Å². The average Bonchev–Trinajstić information content (AvgIpc) is 2.12. The molecule has 0 atom stereocenters. The van der Waals surface area contributed by atoms with Crippen LogP contribution in [0.4, 0.5) is 0 Å². The van der Waals surface area contributed by atoms with E-state index in [1.807, 2.05) is 0 Å². The number of unbranched alkanes of at least 4 members (excludes halogenated alkanes) is 1. The van der Waals surface area contributed by atoms with Gasteiger partial charge in [0.2, 0.25) is 0 Å². The van der Waals surface area contributed by atoms with Crippen LogP contribution < -0.4 is 5.19 Å². The predicted octanol–water partition coefficient (Wildman–Crippen LogP) is 3.44. The molecular weight excluding hydrogens is 184 g/mol. The molecule has 1 radical (unpaired) electrons. The summed E-state index contributed by atoms with van der Waals surface area (Å²) in [5.74, 6) is 0. The lowest BCUT2D eigenvalue weighted by Crippen LogP contribution is -2.26. The molecule has 1 rings (SSSR count). The highest BCUT2D eigenvalue weighted by atomic mass is 28.3. The van der Waals surface area contributed by atoms with E-state index in [-0.39, 0.29) is 8.80 Å². The molecule has 0 aliphatic carbocycles. The van der Waals surface area contributed by atoms with E-state index >= 15 is 0 Å². The molecule has 0 heterocycles. The van der Waals surface area contributed by atoms with Gasteiger partial charge in [0.25, 0.3) is 0 Å². The van der Waals surface area contributed by atoms with Crippen LogP contribution in [0.2, 0.25) is 12.6 Å². The van der Waals surface area contributed by atoms with Gasteiger partial charge in [-0.05, 0) is 13.8 Å². The van der Waals surface area contributed by atoms with Crippen molar-refractivity contribution in [3.05, 3.63) is 29.3 Å². The summed E-state index contributed by atoms with van der Waals surface area (Å²) in [6, 6.07) is 8.43. The number of aryl methyl sites for hydroxylation is 2. The minimum absolute atomic E-state index is 0.274. The van der Waals surface area contributed by atoms with E-state index in [1.165, 1.54) is 30.0 Å². The Bertz CT molecular complexity index is 271. The number of benzene rings is 1. The van der Waals surface area contributed by atoms with Crippen molar-refractivity contribution in [3.63, 3.8) is 0 Å². The molecule has 0 N–H and O–H groups in total. The van der Waals surface area contributed by atoms with Crippen LogP contribution >= 0.6 is 0 Å². The van der Waals surface area contributed by atoms with Gasteiger partial charge in [-0.3, -0.25) is 0 Å². The SMILES string of the molecule is CCCC[Si](C)c1cc(C)cc(C)c1.